The third-order valence-electron chi connectivity index (χ3n) is 7.35. The van der Waals surface area contributed by atoms with Gasteiger partial charge in [-0.25, -0.2) is 18.0 Å². The Labute approximate surface area is 284 Å². The predicted molar refractivity (Wildman–Crippen MR) is 170 cm³/mol. The van der Waals surface area contributed by atoms with Gasteiger partial charge in [-0.2, -0.15) is 13.2 Å². The molecule has 2 fully saturated rings. The van der Waals surface area contributed by atoms with Crippen LogP contribution < -0.4 is 9.22 Å². The van der Waals surface area contributed by atoms with E-state index >= 15 is 0 Å². The van der Waals surface area contributed by atoms with Crippen LogP contribution in [-0.2, 0) is 35.6 Å². The number of halogens is 3. The van der Waals surface area contributed by atoms with Crippen molar-refractivity contribution in [1.29, 1.82) is 0 Å². The van der Waals surface area contributed by atoms with Gasteiger partial charge in [0, 0.05) is 34.0 Å². The molecule has 276 valence electrons. The first-order chi connectivity index (χ1) is 22.9. The number of urea groups is 2. The number of carbonyl (C=O) groups excluding carboxylic acids is 2. The Morgan fingerprint density at radius 2 is 1.06 bits per heavy atom. The molecule has 0 aromatic heterocycles. The zero-order valence-corrected chi connectivity index (χ0v) is 29.5. The monoisotopic (exact) mass is 723 g/mol. The molecule has 4 rings (SSSR count). The highest BCUT2D eigenvalue weighted by atomic mass is 32.2. The molecule has 0 aliphatic carbocycles. The molecule has 2 aliphatic rings. The second-order valence-corrected chi connectivity index (χ2v) is 12.7. The van der Waals surface area contributed by atoms with Crippen molar-refractivity contribution >= 4 is 27.9 Å². The Hall–Kier alpha value is -3.72. The maximum absolute atomic E-state index is 12.6. The van der Waals surface area contributed by atoms with Crippen LogP contribution in [0.2, 0.25) is 0 Å². The van der Waals surface area contributed by atoms with Crippen LogP contribution in [0.3, 0.4) is 0 Å². The van der Waals surface area contributed by atoms with Gasteiger partial charge in [0.15, 0.2) is 22.4 Å². The van der Waals surface area contributed by atoms with Crippen LogP contribution in [0.5, 0.6) is 5.75 Å². The lowest BCUT2D eigenvalue weighted by atomic mass is 10.1. The van der Waals surface area contributed by atoms with Gasteiger partial charge in [-0.05, 0) is 43.3 Å². The number of amides is 4. The van der Waals surface area contributed by atoms with Gasteiger partial charge >= 0.3 is 17.6 Å². The van der Waals surface area contributed by atoms with Crippen LogP contribution in [0.1, 0.15) is 11.1 Å². The molecular weight excluding hydrogens is 679 g/mol. The van der Waals surface area contributed by atoms with Gasteiger partial charge in [-0.3, -0.25) is 24.1 Å². The average Bonchev–Trinajstić information content (AvgIpc) is 3.44. The first-order valence-corrected chi connectivity index (χ1v) is 15.9. The van der Waals surface area contributed by atoms with E-state index in [1.54, 1.807) is 7.11 Å². The van der Waals surface area contributed by atoms with E-state index in [4.69, 9.17) is 36.7 Å². The van der Waals surface area contributed by atoms with Crippen molar-refractivity contribution in [3.63, 3.8) is 0 Å². The number of methoxy groups -OCH3 is 5. The fourth-order valence-electron chi connectivity index (χ4n) is 5.07. The van der Waals surface area contributed by atoms with E-state index in [-0.39, 0.29) is 39.0 Å². The Morgan fingerprint density at radius 1 is 0.714 bits per heavy atom. The first-order valence-electron chi connectivity index (χ1n) is 14.5. The largest absolute Gasteiger partial charge is 0.741 e. The summed E-state index contributed by atoms with van der Waals surface area (Å²) in [4.78, 5) is 31.0. The van der Waals surface area contributed by atoms with Crippen molar-refractivity contribution in [3.05, 3.63) is 59.7 Å². The molecule has 0 atom stereocenters. The Balaban J connectivity index is 0.000000282. The minimum Gasteiger partial charge on any atom is -0.741 e. The van der Waals surface area contributed by atoms with E-state index in [0.717, 1.165) is 16.8 Å². The number of alkyl halides is 3. The van der Waals surface area contributed by atoms with E-state index in [9.17, 15) is 22.8 Å². The minimum absolute atomic E-state index is 0.0640. The topological polar surface area (TPSA) is 150 Å². The molecule has 2 aromatic rings. The van der Waals surface area contributed by atoms with Crippen molar-refractivity contribution in [2.24, 2.45) is 0 Å². The normalized spacial score (nSPS) is 17.8. The molecule has 19 heteroatoms. The summed E-state index contributed by atoms with van der Waals surface area (Å²) >= 11 is 0. The summed E-state index contributed by atoms with van der Waals surface area (Å²) < 4.78 is 85.3. The van der Waals surface area contributed by atoms with E-state index in [1.807, 2.05) is 12.1 Å². The third kappa shape index (κ3) is 10.6. The zero-order valence-electron chi connectivity index (χ0n) is 28.7. The van der Waals surface area contributed by atoms with Crippen LogP contribution in [0, 0.1) is 6.92 Å². The lowest BCUT2D eigenvalue weighted by molar-refractivity contribution is -0.0518. The number of rotatable bonds is 12. The van der Waals surface area contributed by atoms with E-state index in [2.05, 4.69) is 57.4 Å². The average molecular weight is 724 g/mol. The smallest absolute Gasteiger partial charge is 0.485 e. The molecule has 0 spiro atoms. The molecular formula is C30H44F3N5O10S. The summed E-state index contributed by atoms with van der Waals surface area (Å²) in [5, 5.41) is 0. The van der Waals surface area contributed by atoms with Gasteiger partial charge in [-0.15, -0.1) is 0 Å². The summed E-state index contributed by atoms with van der Waals surface area (Å²) in [6.07, 6.45) is -1.05. The summed E-state index contributed by atoms with van der Waals surface area (Å²) in [5.41, 5.74) is -1.71. The Kier molecular flexibility index (Phi) is 15.0. The van der Waals surface area contributed by atoms with E-state index in [0.29, 0.717) is 0 Å². The lowest BCUT2D eigenvalue weighted by Gasteiger charge is -2.29. The molecule has 2 aliphatic heterocycles. The number of fused-ring (bicyclic) bond motifs is 1. The first kappa shape index (κ1) is 41.5. The highest BCUT2D eigenvalue weighted by Crippen LogP contribution is 2.34. The molecule has 0 radical (unpaired) electrons. The highest BCUT2D eigenvalue weighted by Gasteiger charge is 2.59. The molecule has 49 heavy (non-hydrogen) atoms. The molecule has 0 saturated carbocycles. The lowest BCUT2D eigenvalue weighted by Crippen LogP contribution is -2.48. The van der Waals surface area contributed by atoms with Crippen LogP contribution in [-0.4, -0.2) is 139 Å². The number of carbonyl (C=O) groups is 2. The second-order valence-electron chi connectivity index (χ2n) is 11.4. The molecule has 15 nitrogen and oxygen atoms in total. The molecule has 0 bridgehead atoms. The summed E-state index contributed by atoms with van der Waals surface area (Å²) in [7, 11) is 6.03. The Bertz CT molecular complexity index is 1390. The molecule has 0 unspecified atom stereocenters. The van der Waals surface area contributed by atoms with Crippen molar-refractivity contribution in [1.82, 2.24) is 24.1 Å². The fourth-order valence-corrected chi connectivity index (χ4v) is 5.07. The van der Waals surface area contributed by atoms with Gasteiger partial charge in [-0.1, -0.05) is 17.7 Å². The summed E-state index contributed by atoms with van der Waals surface area (Å²) in [6, 6.07) is 16.5. The molecule has 2 heterocycles. The van der Waals surface area contributed by atoms with Crippen LogP contribution in [0.4, 0.5) is 28.4 Å². The molecule has 2 saturated heterocycles. The molecule has 2 aromatic carbocycles. The van der Waals surface area contributed by atoms with Gasteiger partial charge in [0.05, 0.1) is 21.2 Å². The summed E-state index contributed by atoms with van der Waals surface area (Å²) in [5.74, 6) is 0.907. The zero-order chi connectivity index (χ0) is 37.2. The maximum Gasteiger partial charge on any atom is 0.485 e. The standard InChI is InChI=1S/C17H22NO.C12H22N4O6.CHF3O3S/c1-14-5-9-16(10-6-14)18(2,3)13-15-7-11-17(19-4)12-8-15;1-19-5-13-9-10(15(7-21-3)11(13)17)16(8-22-4)12(18)14(9)6-20-2;2-1(3,4)8(5,6)7/h5-12H,13H2,1-4H3;9-10H,5-8H2,1-4H3;(H,5,6,7)/q+1;;/p-1. The number of aryl methyl sites for hydroxylation is 1. The SMILES string of the molecule is COCN1C(=O)N(COC)C2C1N(COC)C(=O)N2COC.COc1ccc(C[N+](C)(C)c2ccc(C)cc2)cc1.O=S(=O)([O-])C(F)(F)F. The highest BCUT2D eigenvalue weighted by molar-refractivity contribution is 7.86. The van der Waals surface area contributed by atoms with Gasteiger partial charge in [0.25, 0.3) is 0 Å². The van der Waals surface area contributed by atoms with Crippen molar-refractivity contribution in [3.8, 4) is 5.75 Å². The van der Waals surface area contributed by atoms with Gasteiger partial charge in [0.1, 0.15) is 44.9 Å². The quantitative estimate of drug-likeness (QED) is 0.181. The maximum atomic E-state index is 12.6. The van der Waals surface area contributed by atoms with E-state index in [1.165, 1.54) is 64.9 Å². The van der Waals surface area contributed by atoms with Crippen LogP contribution in [0.25, 0.3) is 0 Å². The number of quaternary nitrogens is 1. The second kappa shape index (κ2) is 17.8. The Morgan fingerprint density at radius 3 is 1.35 bits per heavy atom. The van der Waals surface area contributed by atoms with Gasteiger partial charge in [0.2, 0.25) is 0 Å². The minimum atomic E-state index is -6.09. The summed E-state index contributed by atoms with van der Waals surface area (Å²) in [6.45, 7) is 3.34. The third-order valence-corrected chi connectivity index (χ3v) is 7.92. The van der Waals surface area contributed by atoms with Crippen LogP contribution >= 0.6 is 0 Å². The number of hydrogen-bond donors (Lipinski definition) is 0. The van der Waals surface area contributed by atoms with Crippen LogP contribution in [0.15, 0.2) is 48.5 Å². The fraction of sp³-hybridized carbons (Fsp3) is 0.533. The number of nitrogens with zero attached hydrogens (tertiary/aromatic N) is 5. The molecule has 4 amide bonds. The van der Waals surface area contributed by atoms with Crippen molar-refractivity contribution in [2.75, 3.05) is 76.6 Å². The molecule has 0 N–H and O–H groups in total. The number of benzene rings is 2. The van der Waals surface area contributed by atoms with Crippen molar-refractivity contribution < 1.29 is 59.4 Å². The number of ether oxygens (including phenoxy) is 5. The van der Waals surface area contributed by atoms with Gasteiger partial charge < -0.3 is 28.2 Å². The predicted octanol–water partition coefficient (Wildman–Crippen LogP) is 3.35. The van der Waals surface area contributed by atoms with Crippen molar-refractivity contribution in [2.45, 2.75) is 31.3 Å². The van der Waals surface area contributed by atoms with E-state index < -0.39 is 28.0 Å². The number of hydrogen-bond acceptors (Lipinski definition) is 10.